The Kier molecular flexibility index (Phi) is 3.90. The van der Waals surface area contributed by atoms with Crippen LogP contribution in [0.5, 0.6) is 0 Å². The van der Waals surface area contributed by atoms with Crippen LogP contribution in [0.15, 0.2) is 30.3 Å². The lowest BCUT2D eigenvalue weighted by atomic mass is 10.1. The average Bonchev–Trinajstić information content (AvgIpc) is 2.90. The molecule has 2 heterocycles. The molecule has 0 aliphatic carbocycles. The number of hydrogen-bond acceptors (Lipinski definition) is 4. The fourth-order valence-electron chi connectivity index (χ4n) is 2.28. The van der Waals surface area contributed by atoms with Crippen LogP contribution in [-0.2, 0) is 13.1 Å². The summed E-state index contributed by atoms with van der Waals surface area (Å²) in [5.74, 6) is 1.18. The van der Waals surface area contributed by atoms with Crippen LogP contribution in [0.3, 0.4) is 0 Å². The summed E-state index contributed by atoms with van der Waals surface area (Å²) in [4.78, 5) is 10.8. The third-order valence-electron chi connectivity index (χ3n) is 3.30. The van der Waals surface area contributed by atoms with Gasteiger partial charge in [0.05, 0.1) is 0 Å². The van der Waals surface area contributed by atoms with Crippen molar-refractivity contribution in [3.05, 3.63) is 46.6 Å². The van der Waals surface area contributed by atoms with Crippen LogP contribution in [0, 0.1) is 0 Å². The van der Waals surface area contributed by atoms with Crippen molar-refractivity contribution in [2.45, 2.75) is 13.1 Å². The van der Waals surface area contributed by atoms with Gasteiger partial charge >= 0.3 is 0 Å². The summed E-state index contributed by atoms with van der Waals surface area (Å²) in [5, 5.41) is 6.56. The molecule has 1 aromatic carbocycles. The Morgan fingerprint density at radius 1 is 1.24 bits per heavy atom. The molecule has 0 fully saturated rings. The SMILES string of the molecule is CNC(=S)Nc1nc(Cl)cc(N2Cc3ccccc3C2)n1. The molecular weight excluding hydrogens is 306 g/mol. The highest BCUT2D eigenvalue weighted by Crippen LogP contribution is 2.28. The number of nitrogens with zero attached hydrogens (tertiary/aromatic N) is 3. The molecule has 0 saturated heterocycles. The first-order chi connectivity index (χ1) is 10.2. The zero-order chi connectivity index (χ0) is 14.8. The van der Waals surface area contributed by atoms with Crippen molar-refractivity contribution in [2.75, 3.05) is 17.3 Å². The molecule has 0 amide bonds. The molecule has 2 N–H and O–H groups in total. The van der Waals surface area contributed by atoms with E-state index in [0.717, 1.165) is 18.9 Å². The van der Waals surface area contributed by atoms with Gasteiger partial charge in [-0.15, -0.1) is 0 Å². The minimum absolute atomic E-state index is 0.386. The number of hydrogen-bond donors (Lipinski definition) is 2. The number of thiocarbonyl (C=S) groups is 1. The largest absolute Gasteiger partial charge is 0.365 e. The molecule has 0 atom stereocenters. The van der Waals surface area contributed by atoms with E-state index >= 15 is 0 Å². The maximum absolute atomic E-state index is 6.08. The van der Waals surface area contributed by atoms with Gasteiger partial charge in [0, 0.05) is 26.2 Å². The molecule has 7 heteroatoms. The summed E-state index contributed by atoms with van der Waals surface area (Å²) in [6.45, 7) is 1.64. The molecule has 108 valence electrons. The van der Waals surface area contributed by atoms with Crippen LogP contribution >= 0.6 is 23.8 Å². The second kappa shape index (κ2) is 5.83. The summed E-state index contributed by atoms with van der Waals surface area (Å²) >= 11 is 11.1. The Bertz CT molecular complexity index is 666. The molecule has 1 aliphatic heterocycles. The second-order valence-electron chi connectivity index (χ2n) is 4.70. The van der Waals surface area contributed by atoms with E-state index in [4.69, 9.17) is 23.8 Å². The molecule has 5 nitrogen and oxygen atoms in total. The molecule has 0 unspecified atom stereocenters. The standard InChI is InChI=1S/C14H14ClN5S/c1-16-14(21)19-13-17-11(15)6-12(18-13)20-7-9-4-2-3-5-10(9)8-20/h2-6H,7-8H2,1H3,(H2,16,17,18,19,21). The van der Waals surface area contributed by atoms with Gasteiger partial charge in [0.25, 0.3) is 0 Å². The Balaban J connectivity index is 1.85. The number of aromatic nitrogens is 2. The number of fused-ring (bicyclic) bond motifs is 1. The summed E-state index contributed by atoms with van der Waals surface area (Å²) in [6.07, 6.45) is 0. The van der Waals surface area contributed by atoms with Gasteiger partial charge in [-0.1, -0.05) is 35.9 Å². The zero-order valence-corrected chi connectivity index (χ0v) is 13.0. The normalized spacial score (nSPS) is 13.0. The van der Waals surface area contributed by atoms with Gasteiger partial charge in [-0.2, -0.15) is 4.98 Å². The van der Waals surface area contributed by atoms with E-state index < -0.39 is 0 Å². The van der Waals surface area contributed by atoms with Crippen molar-refractivity contribution >= 4 is 40.7 Å². The third-order valence-corrected chi connectivity index (χ3v) is 3.80. The van der Waals surface area contributed by atoms with Crippen LogP contribution in [0.25, 0.3) is 0 Å². The molecule has 1 aromatic heterocycles. The van der Waals surface area contributed by atoms with Crippen molar-refractivity contribution in [3.8, 4) is 0 Å². The lowest BCUT2D eigenvalue weighted by Crippen LogP contribution is -2.26. The first-order valence-corrected chi connectivity index (χ1v) is 7.29. The highest BCUT2D eigenvalue weighted by atomic mass is 35.5. The summed E-state index contributed by atoms with van der Waals surface area (Å²) in [6, 6.07) is 10.1. The van der Waals surface area contributed by atoms with E-state index in [1.165, 1.54) is 11.1 Å². The zero-order valence-electron chi connectivity index (χ0n) is 11.4. The van der Waals surface area contributed by atoms with E-state index in [2.05, 4.69) is 37.6 Å². The topological polar surface area (TPSA) is 53.1 Å². The molecule has 0 radical (unpaired) electrons. The molecular formula is C14H14ClN5S. The summed E-state index contributed by atoms with van der Waals surface area (Å²) in [7, 11) is 1.73. The molecule has 0 spiro atoms. The average molecular weight is 320 g/mol. The van der Waals surface area contributed by atoms with E-state index in [1.54, 1.807) is 13.1 Å². The van der Waals surface area contributed by atoms with Crippen molar-refractivity contribution in [2.24, 2.45) is 0 Å². The number of nitrogens with one attached hydrogen (secondary N) is 2. The van der Waals surface area contributed by atoms with E-state index in [-0.39, 0.29) is 0 Å². The molecule has 0 saturated carbocycles. The highest BCUT2D eigenvalue weighted by Gasteiger charge is 2.20. The van der Waals surface area contributed by atoms with Crippen LogP contribution in [0.1, 0.15) is 11.1 Å². The molecule has 2 aromatic rings. The maximum Gasteiger partial charge on any atom is 0.232 e. The Morgan fingerprint density at radius 3 is 2.52 bits per heavy atom. The number of halogens is 1. The van der Waals surface area contributed by atoms with Crippen LogP contribution in [0.2, 0.25) is 5.15 Å². The van der Waals surface area contributed by atoms with E-state index in [0.29, 0.717) is 16.2 Å². The smallest absolute Gasteiger partial charge is 0.232 e. The van der Waals surface area contributed by atoms with Gasteiger partial charge in [-0.05, 0) is 23.3 Å². The molecule has 21 heavy (non-hydrogen) atoms. The molecule has 3 rings (SSSR count). The number of rotatable bonds is 2. The van der Waals surface area contributed by atoms with Gasteiger partial charge in [0.1, 0.15) is 11.0 Å². The monoisotopic (exact) mass is 319 g/mol. The van der Waals surface area contributed by atoms with E-state index in [1.807, 2.05) is 12.1 Å². The second-order valence-corrected chi connectivity index (χ2v) is 5.50. The van der Waals surface area contributed by atoms with Crippen LogP contribution < -0.4 is 15.5 Å². The van der Waals surface area contributed by atoms with Crippen LogP contribution in [-0.4, -0.2) is 22.1 Å². The lowest BCUT2D eigenvalue weighted by Gasteiger charge is -2.17. The van der Waals surface area contributed by atoms with Gasteiger partial charge < -0.3 is 15.5 Å². The van der Waals surface area contributed by atoms with Crippen molar-refractivity contribution in [1.82, 2.24) is 15.3 Å². The summed E-state index contributed by atoms with van der Waals surface area (Å²) < 4.78 is 0. The Hall–Kier alpha value is -1.92. The van der Waals surface area contributed by atoms with Gasteiger partial charge in [0.2, 0.25) is 5.95 Å². The molecule has 1 aliphatic rings. The number of anilines is 2. The molecule has 0 bridgehead atoms. The van der Waals surface area contributed by atoms with Gasteiger partial charge in [-0.25, -0.2) is 4.98 Å². The number of benzene rings is 1. The first-order valence-electron chi connectivity index (χ1n) is 6.51. The minimum Gasteiger partial charge on any atom is -0.365 e. The first kappa shape index (κ1) is 14.0. The van der Waals surface area contributed by atoms with Gasteiger partial charge in [0.15, 0.2) is 5.11 Å². The van der Waals surface area contributed by atoms with Gasteiger partial charge in [-0.3, -0.25) is 0 Å². The Labute approximate surface area is 133 Å². The summed E-state index contributed by atoms with van der Waals surface area (Å²) in [5.41, 5.74) is 2.62. The maximum atomic E-state index is 6.08. The van der Waals surface area contributed by atoms with Crippen molar-refractivity contribution in [1.29, 1.82) is 0 Å². The highest BCUT2D eigenvalue weighted by molar-refractivity contribution is 7.80. The van der Waals surface area contributed by atoms with Crippen molar-refractivity contribution in [3.63, 3.8) is 0 Å². The lowest BCUT2D eigenvalue weighted by molar-refractivity contribution is 0.853. The quantitative estimate of drug-likeness (QED) is 0.655. The Morgan fingerprint density at radius 2 is 1.90 bits per heavy atom. The van der Waals surface area contributed by atoms with E-state index in [9.17, 15) is 0 Å². The van der Waals surface area contributed by atoms with Crippen molar-refractivity contribution < 1.29 is 0 Å². The van der Waals surface area contributed by atoms with Crippen LogP contribution in [0.4, 0.5) is 11.8 Å². The predicted molar refractivity (Wildman–Crippen MR) is 88.7 cm³/mol. The fourth-order valence-corrected chi connectivity index (χ4v) is 2.55. The third kappa shape index (κ3) is 3.06. The fraction of sp³-hybridized carbons (Fsp3) is 0.214. The minimum atomic E-state index is 0.386. The predicted octanol–water partition coefficient (Wildman–Crippen LogP) is 2.57.